The van der Waals surface area contributed by atoms with E-state index < -0.39 is 0 Å². The van der Waals surface area contributed by atoms with Gasteiger partial charge in [0.2, 0.25) is 0 Å². The number of hydrogen-bond donors (Lipinski definition) is 0. The highest BCUT2D eigenvalue weighted by molar-refractivity contribution is 9.10. The summed E-state index contributed by atoms with van der Waals surface area (Å²) in [6.07, 6.45) is 1.63. The molecule has 18 heavy (non-hydrogen) atoms. The molecule has 0 aliphatic heterocycles. The second kappa shape index (κ2) is 5.31. The minimum absolute atomic E-state index is 0.0716. The first kappa shape index (κ1) is 12.8. The molecule has 1 aromatic heterocycles. The van der Waals surface area contributed by atoms with E-state index in [2.05, 4.69) is 15.9 Å². The van der Waals surface area contributed by atoms with Crippen molar-refractivity contribution in [2.75, 3.05) is 0 Å². The molecule has 1 heterocycles. The minimum atomic E-state index is -0.122. The Balaban J connectivity index is 2.24. The summed E-state index contributed by atoms with van der Waals surface area (Å²) in [4.78, 5) is 23.8. The molecular weight excluding hydrogens is 294 g/mol. The van der Waals surface area contributed by atoms with Gasteiger partial charge >= 0.3 is 0 Å². The molecule has 0 aliphatic carbocycles. The first-order chi connectivity index (χ1) is 8.58. The van der Waals surface area contributed by atoms with Gasteiger partial charge < -0.3 is 4.57 Å². The molecule has 0 spiro atoms. The Hall–Kier alpha value is -1.68. The molecular formula is C14H12BrNO2. The Bertz CT molecular complexity index is 629. The molecule has 0 fully saturated rings. The Labute approximate surface area is 113 Å². The third-order valence-corrected chi connectivity index (χ3v) is 3.22. The molecule has 1 aromatic carbocycles. The van der Waals surface area contributed by atoms with E-state index in [1.807, 2.05) is 12.1 Å². The minimum Gasteiger partial charge on any atom is -0.308 e. The lowest BCUT2D eigenvalue weighted by atomic mass is 10.1. The van der Waals surface area contributed by atoms with Gasteiger partial charge in [-0.3, -0.25) is 9.59 Å². The maximum absolute atomic E-state index is 12.0. The second-order valence-corrected chi connectivity index (χ2v) is 4.97. The molecule has 2 aromatic rings. The van der Waals surface area contributed by atoms with Gasteiger partial charge in [0, 0.05) is 21.8 Å². The first-order valence-electron chi connectivity index (χ1n) is 5.53. The predicted molar refractivity (Wildman–Crippen MR) is 73.9 cm³/mol. The second-order valence-electron chi connectivity index (χ2n) is 4.05. The molecule has 0 unspecified atom stereocenters. The number of nitrogens with zero attached hydrogens (tertiary/aromatic N) is 1. The van der Waals surface area contributed by atoms with E-state index in [1.165, 1.54) is 4.57 Å². The van der Waals surface area contributed by atoms with Crippen LogP contribution < -0.4 is 5.56 Å². The Morgan fingerprint density at radius 2 is 1.89 bits per heavy atom. The van der Waals surface area contributed by atoms with Crippen LogP contribution in [0, 0.1) is 6.92 Å². The molecule has 0 N–H and O–H groups in total. The van der Waals surface area contributed by atoms with E-state index in [-0.39, 0.29) is 17.9 Å². The van der Waals surface area contributed by atoms with Crippen LogP contribution in [0.2, 0.25) is 0 Å². The SMILES string of the molecule is Cc1cccn(CC(=O)c2ccc(Br)cc2)c1=O. The van der Waals surface area contributed by atoms with Crippen LogP contribution in [0.4, 0.5) is 0 Å². The molecule has 3 nitrogen and oxygen atoms in total. The van der Waals surface area contributed by atoms with Gasteiger partial charge in [-0.1, -0.05) is 34.1 Å². The Morgan fingerprint density at radius 3 is 2.56 bits per heavy atom. The maximum Gasteiger partial charge on any atom is 0.253 e. The lowest BCUT2D eigenvalue weighted by Gasteiger charge is -2.05. The van der Waals surface area contributed by atoms with Crippen LogP contribution >= 0.6 is 15.9 Å². The van der Waals surface area contributed by atoms with Crippen LogP contribution in [0.1, 0.15) is 15.9 Å². The lowest BCUT2D eigenvalue weighted by molar-refractivity contribution is 0.0971. The van der Waals surface area contributed by atoms with Crippen molar-refractivity contribution in [1.82, 2.24) is 4.57 Å². The van der Waals surface area contributed by atoms with E-state index >= 15 is 0 Å². The van der Waals surface area contributed by atoms with Crippen molar-refractivity contribution in [3.05, 3.63) is 68.5 Å². The smallest absolute Gasteiger partial charge is 0.253 e. The van der Waals surface area contributed by atoms with Crippen molar-refractivity contribution in [2.24, 2.45) is 0 Å². The number of ketones is 1. The van der Waals surface area contributed by atoms with Crippen molar-refractivity contribution in [2.45, 2.75) is 13.5 Å². The van der Waals surface area contributed by atoms with Gasteiger partial charge in [0.1, 0.15) is 0 Å². The molecule has 0 bridgehead atoms. The van der Waals surface area contributed by atoms with Crippen LogP contribution in [0.5, 0.6) is 0 Å². The molecule has 0 atom stereocenters. The van der Waals surface area contributed by atoms with Crippen molar-refractivity contribution >= 4 is 21.7 Å². The van der Waals surface area contributed by atoms with Gasteiger partial charge in [-0.25, -0.2) is 0 Å². The zero-order chi connectivity index (χ0) is 13.1. The molecule has 0 saturated heterocycles. The molecule has 2 rings (SSSR count). The molecule has 0 radical (unpaired) electrons. The monoisotopic (exact) mass is 305 g/mol. The molecule has 0 saturated carbocycles. The Kier molecular flexibility index (Phi) is 3.77. The zero-order valence-electron chi connectivity index (χ0n) is 9.89. The predicted octanol–water partition coefficient (Wildman–Crippen LogP) is 2.80. The fourth-order valence-corrected chi connectivity index (χ4v) is 1.93. The zero-order valence-corrected chi connectivity index (χ0v) is 11.5. The van der Waals surface area contributed by atoms with E-state index in [0.29, 0.717) is 11.1 Å². The van der Waals surface area contributed by atoms with E-state index in [4.69, 9.17) is 0 Å². The number of Topliss-reactive ketones (excluding diaryl/α,β-unsaturated/α-hetero) is 1. The van der Waals surface area contributed by atoms with Crippen LogP contribution in [0.25, 0.3) is 0 Å². The van der Waals surface area contributed by atoms with Crippen LogP contribution in [-0.4, -0.2) is 10.4 Å². The van der Waals surface area contributed by atoms with Gasteiger partial charge in [-0.15, -0.1) is 0 Å². The average molecular weight is 306 g/mol. The van der Waals surface area contributed by atoms with E-state index in [0.717, 1.165) is 4.47 Å². The topological polar surface area (TPSA) is 39.1 Å². The summed E-state index contributed by atoms with van der Waals surface area (Å²) in [5.74, 6) is -0.0739. The summed E-state index contributed by atoms with van der Waals surface area (Å²) in [6, 6.07) is 10.6. The maximum atomic E-state index is 12.0. The molecule has 92 valence electrons. The van der Waals surface area contributed by atoms with E-state index in [9.17, 15) is 9.59 Å². The summed E-state index contributed by atoms with van der Waals surface area (Å²) in [5.41, 5.74) is 1.12. The van der Waals surface area contributed by atoms with Gasteiger partial charge in [0.15, 0.2) is 5.78 Å². The number of aromatic nitrogens is 1. The summed E-state index contributed by atoms with van der Waals surface area (Å²) in [6.45, 7) is 1.81. The van der Waals surface area contributed by atoms with Gasteiger partial charge in [0.25, 0.3) is 5.56 Å². The number of carbonyl (C=O) groups is 1. The number of carbonyl (C=O) groups excluding carboxylic acids is 1. The highest BCUT2D eigenvalue weighted by Crippen LogP contribution is 2.11. The lowest BCUT2D eigenvalue weighted by Crippen LogP contribution is -2.25. The molecule has 0 amide bonds. The molecule has 4 heteroatoms. The third kappa shape index (κ3) is 2.76. The van der Waals surface area contributed by atoms with E-state index in [1.54, 1.807) is 37.4 Å². The van der Waals surface area contributed by atoms with Gasteiger partial charge in [0.05, 0.1) is 6.54 Å². The normalized spacial score (nSPS) is 10.3. The summed E-state index contributed by atoms with van der Waals surface area (Å²) in [7, 11) is 0. The van der Waals surface area contributed by atoms with Crippen LogP contribution in [0.15, 0.2) is 51.9 Å². The fourth-order valence-electron chi connectivity index (χ4n) is 1.66. The molecule has 0 aliphatic rings. The van der Waals surface area contributed by atoms with Gasteiger partial charge in [-0.2, -0.15) is 0 Å². The number of pyridine rings is 1. The van der Waals surface area contributed by atoms with Crippen molar-refractivity contribution in [1.29, 1.82) is 0 Å². The first-order valence-corrected chi connectivity index (χ1v) is 6.32. The summed E-state index contributed by atoms with van der Waals surface area (Å²) in [5, 5.41) is 0. The number of aryl methyl sites for hydroxylation is 1. The number of halogens is 1. The van der Waals surface area contributed by atoms with Crippen LogP contribution in [-0.2, 0) is 6.54 Å². The number of benzene rings is 1. The average Bonchev–Trinajstić information content (AvgIpc) is 2.36. The Morgan fingerprint density at radius 1 is 1.22 bits per heavy atom. The highest BCUT2D eigenvalue weighted by atomic mass is 79.9. The van der Waals surface area contributed by atoms with Crippen molar-refractivity contribution < 1.29 is 4.79 Å². The van der Waals surface area contributed by atoms with Crippen molar-refractivity contribution in [3.8, 4) is 0 Å². The van der Waals surface area contributed by atoms with Gasteiger partial charge in [-0.05, 0) is 25.1 Å². The third-order valence-electron chi connectivity index (χ3n) is 2.69. The number of rotatable bonds is 3. The number of hydrogen-bond acceptors (Lipinski definition) is 2. The quantitative estimate of drug-likeness (QED) is 0.818. The van der Waals surface area contributed by atoms with Crippen LogP contribution in [0.3, 0.4) is 0 Å². The summed E-state index contributed by atoms with van der Waals surface area (Å²) < 4.78 is 2.35. The fraction of sp³-hybridized carbons (Fsp3) is 0.143. The largest absolute Gasteiger partial charge is 0.308 e. The van der Waals surface area contributed by atoms with Crippen molar-refractivity contribution in [3.63, 3.8) is 0 Å². The standard InChI is InChI=1S/C14H12BrNO2/c1-10-3-2-8-16(14(10)18)9-13(17)11-4-6-12(15)7-5-11/h2-8H,9H2,1H3. The highest BCUT2D eigenvalue weighted by Gasteiger charge is 2.08. The summed E-state index contributed by atoms with van der Waals surface area (Å²) >= 11 is 3.32.